The largest absolute Gasteiger partial charge is 0.493 e. The van der Waals surface area contributed by atoms with Crippen LogP contribution in [0.2, 0.25) is 0 Å². The lowest BCUT2D eigenvalue weighted by Gasteiger charge is -2.09. The number of ether oxygens (including phenoxy) is 1. The maximum atomic E-state index is 9.01. The fourth-order valence-electron chi connectivity index (χ4n) is 1.62. The van der Waals surface area contributed by atoms with Gasteiger partial charge < -0.3 is 9.84 Å². The van der Waals surface area contributed by atoms with Crippen LogP contribution in [0.5, 0.6) is 5.75 Å². The fraction of sp³-hybridized carbons (Fsp3) is 0.455. The van der Waals surface area contributed by atoms with E-state index in [0.717, 1.165) is 18.8 Å². The van der Waals surface area contributed by atoms with Crippen molar-refractivity contribution in [1.29, 1.82) is 0 Å². The van der Waals surface area contributed by atoms with Gasteiger partial charge in [-0.2, -0.15) is 0 Å². The maximum absolute atomic E-state index is 9.01. The first kappa shape index (κ1) is 8.57. The summed E-state index contributed by atoms with van der Waals surface area (Å²) in [6.07, 6.45) is 1.00. The van der Waals surface area contributed by atoms with Gasteiger partial charge in [0.25, 0.3) is 0 Å². The molecule has 13 heavy (non-hydrogen) atoms. The Bertz CT molecular complexity index is 307. The second-order valence-electron chi connectivity index (χ2n) is 3.55. The zero-order valence-corrected chi connectivity index (χ0v) is 7.79. The minimum Gasteiger partial charge on any atom is -0.493 e. The predicted molar refractivity (Wildman–Crippen MR) is 51.1 cm³/mol. The lowest BCUT2D eigenvalue weighted by atomic mass is 9.99. The maximum Gasteiger partial charge on any atom is 0.122 e. The van der Waals surface area contributed by atoms with Crippen molar-refractivity contribution in [3.8, 4) is 5.75 Å². The standard InChI is InChI=1S/C11H14O2/c1-8(7-12)9-2-3-11-10(6-9)4-5-13-11/h2-3,6,8,12H,4-5,7H2,1H3. The second-order valence-corrected chi connectivity index (χ2v) is 3.55. The summed E-state index contributed by atoms with van der Waals surface area (Å²) in [7, 11) is 0. The van der Waals surface area contributed by atoms with Gasteiger partial charge in [-0.05, 0) is 17.2 Å². The fourth-order valence-corrected chi connectivity index (χ4v) is 1.62. The molecule has 0 spiro atoms. The Hall–Kier alpha value is -1.02. The van der Waals surface area contributed by atoms with Crippen molar-refractivity contribution in [3.05, 3.63) is 29.3 Å². The highest BCUT2D eigenvalue weighted by Crippen LogP contribution is 2.28. The molecule has 2 rings (SSSR count). The molecule has 1 unspecified atom stereocenters. The Kier molecular flexibility index (Phi) is 2.23. The zero-order valence-electron chi connectivity index (χ0n) is 7.79. The van der Waals surface area contributed by atoms with Crippen molar-refractivity contribution in [3.63, 3.8) is 0 Å². The van der Waals surface area contributed by atoms with Crippen LogP contribution in [0.15, 0.2) is 18.2 Å². The van der Waals surface area contributed by atoms with Gasteiger partial charge in [-0.25, -0.2) is 0 Å². The van der Waals surface area contributed by atoms with E-state index in [2.05, 4.69) is 6.07 Å². The van der Waals surface area contributed by atoms with Gasteiger partial charge in [0.1, 0.15) is 5.75 Å². The van der Waals surface area contributed by atoms with Crippen LogP contribution in [-0.2, 0) is 6.42 Å². The molecule has 1 aromatic carbocycles. The molecule has 0 amide bonds. The summed E-state index contributed by atoms with van der Waals surface area (Å²) in [5, 5.41) is 9.01. The van der Waals surface area contributed by atoms with Crippen LogP contribution in [0, 0.1) is 0 Å². The van der Waals surface area contributed by atoms with Crippen LogP contribution in [0.25, 0.3) is 0 Å². The number of benzene rings is 1. The van der Waals surface area contributed by atoms with Crippen molar-refractivity contribution in [2.24, 2.45) is 0 Å². The number of fused-ring (bicyclic) bond motifs is 1. The summed E-state index contributed by atoms with van der Waals surface area (Å²) in [6.45, 7) is 3.03. The molecule has 1 N–H and O–H groups in total. The Morgan fingerprint density at radius 1 is 1.54 bits per heavy atom. The number of aliphatic hydroxyl groups excluding tert-OH is 1. The molecular formula is C11H14O2. The predicted octanol–water partition coefficient (Wildman–Crippen LogP) is 1.72. The van der Waals surface area contributed by atoms with Crippen LogP contribution in [0.1, 0.15) is 24.0 Å². The monoisotopic (exact) mass is 178 g/mol. The molecule has 0 saturated heterocycles. The van der Waals surface area contributed by atoms with Crippen LogP contribution in [-0.4, -0.2) is 18.3 Å². The van der Waals surface area contributed by atoms with E-state index < -0.39 is 0 Å². The number of rotatable bonds is 2. The summed E-state index contributed by atoms with van der Waals surface area (Å²) >= 11 is 0. The molecular weight excluding hydrogens is 164 g/mol. The smallest absolute Gasteiger partial charge is 0.122 e. The zero-order chi connectivity index (χ0) is 9.26. The molecule has 1 atom stereocenters. The number of aliphatic hydroxyl groups is 1. The molecule has 1 aromatic rings. The molecule has 0 aliphatic carbocycles. The minimum absolute atomic E-state index is 0.208. The highest BCUT2D eigenvalue weighted by Gasteiger charge is 2.13. The van der Waals surface area contributed by atoms with Gasteiger partial charge in [-0.1, -0.05) is 19.1 Å². The van der Waals surface area contributed by atoms with Crippen LogP contribution >= 0.6 is 0 Å². The van der Waals surface area contributed by atoms with Gasteiger partial charge in [0.15, 0.2) is 0 Å². The lowest BCUT2D eigenvalue weighted by molar-refractivity contribution is 0.273. The van der Waals surface area contributed by atoms with Crippen molar-refractivity contribution >= 4 is 0 Å². The van der Waals surface area contributed by atoms with Crippen molar-refractivity contribution in [2.75, 3.05) is 13.2 Å². The first-order chi connectivity index (χ1) is 6.31. The third-order valence-corrected chi connectivity index (χ3v) is 2.56. The van der Waals surface area contributed by atoms with E-state index in [0.29, 0.717) is 0 Å². The van der Waals surface area contributed by atoms with Crippen molar-refractivity contribution in [1.82, 2.24) is 0 Å². The van der Waals surface area contributed by atoms with E-state index >= 15 is 0 Å². The van der Waals surface area contributed by atoms with Crippen LogP contribution in [0.4, 0.5) is 0 Å². The minimum atomic E-state index is 0.208. The Morgan fingerprint density at radius 3 is 3.15 bits per heavy atom. The summed E-state index contributed by atoms with van der Waals surface area (Å²) < 4.78 is 5.40. The second kappa shape index (κ2) is 3.38. The normalized spacial score (nSPS) is 16.5. The molecule has 0 fully saturated rings. The van der Waals surface area contributed by atoms with E-state index in [1.54, 1.807) is 0 Å². The molecule has 0 aromatic heterocycles. The Morgan fingerprint density at radius 2 is 2.38 bits per heavy atom. The van der Waals surface area contributed by atoms with Gasteiger partial charge >= 0.3 is 0 Å². The molecule has 0 saturated carbocycles. The summed E-state index contributed by atoms with van der Waals surface area (Å²) in [5.41, 5.74) is 2.48. The van der Waals surface area contributed by atoms with E-state index in [1.165, 1.54) is 11.1 Å². The quantitative estimate of drug-likeness (QED) is 0.747. The van der Waals surface area contributed by atoms with Crippen LogP contribution < -0.4 is 4.74 Å². The highest BCUT2D eigenvalue weighted by molar-refractivity contribution is 5.40. The molecule has 2 heteroatoms. The Balaban J connectivity index is 2.30. The molecule has 0 bridgehead atoms. The third-order valence-electron chi connectivity index (χ3n) is 2.56. The SMILES string of the molecule is CC(CO)c1ccc2c(c1)CCO2. The molecule has 2 nitrogen and oxygen atoms in total. The van der Waals surface area contributed by atoms with Crippen LogP contribution in [0.3, 0.4) is 0 Å². The topological polar surface area (TPSA) is 29.5 Å². The van der Waals surface area contributed by atoms with E-state index in [9.17, 15) is 0 Å². The van der Waals surface area contributed by atoms with Gasteiger partial charge in [0.2, 0.25) is 0 Å². The van der Waals surface area contributed by atoms with Gasteiger partial charge in [0.05, 0.1) is 6.61 Å². The van der Waals surface area contributed by atoms with Gasteiger partial charge in [-0.3, -0.25) is 0 Å². The lowest BCUT2D eigenvalue weighted by Crippen LogP contribution is -1.98. The summed E-state index contributed by atoms with van der Waals surface area (Å²) in [5.74, 6) is 1.24. The number of hydrogen-bond acceptors (Lipinski definition) is 2. The summed E-state index contributed by atoms with van der Waals surface area (Å²) in [4.78, 5) is 0. The summed E-state index contributed by atoms with van der Waals surface area (Å²) in [6, 6.07) is 6.18. The van der Waals surface area contributed by atoms with Gasteiger partial charge in [-0.15, -0.1) is 0 Å². The molecule has 1 aliphatic rings. The third kappa shape index (κ3) is 1.54. The number of hydrogen-bond donors (Lipinski definition) is 1. The molecule has 70 valence electrons. The first-order valence-electron chi connectivity index (χ1n) is 4.67. The van der Waals surface area contributed by atoms with Crippen molar-refractivity contribution in [2.45, 2.75) is 19.3 Å². The highest BCUT2D eigenvalue weighted by atomic mass is 16.5. The molecule has 0 radical (unpaired) electrons. The van der Waals surface area contributed by atoms with E-state index in [4.69, 9.17) is 9.84 Å². The average molecular weight is 178 g/mol. The van der Waals surface area contributed by atoms with E-state index in [-0.39, 0.29) is 12.5 Å². The average Bonchev–Trinajstić information content (AvgIpc) is 2.63. The first-order valence-corrected chi connectivity index (χ1v) is 4.67. The van der Waals surface area contributed by atoms with Gasteiger partial charge in [0, 0.05) is 18.9 Å². The Labute approximate surface area is 78.2 Å². The molecule has 1 heterocycles. The van der Waals surface area contributed by atoms with E-state index in [1.807, 2.05) is 19.1 Å². The molecule has 1 aliphatic heterocycles. The van der Waals surface area contributed by atoms with Crippen molar-refractivity contribution < 1.29 is 9.84 Å².